The highest BCUT2D eigenvalue weighted by Gasteiger charge is 2.42. The predicted octanol–water partition coefficient (Wildman–Crippen LogP) is 2.25. The topological polar surface area (TPSA) is 15.3 Å². The predicted molar refractivity (Wildman–Crippen MR) is 67.5 cm³/mol. The van der Waals surface area contributed by atoms with Crippen molar-refractivity contribution in [2.24, 2.45) is 11.3 Å². The number of nitrogens with one attached hydrogen (secondary N) is 1. The van der Waals surface area contributed by atoms with Crippen molar-refractivity contribution in [2.75, 3.05) is 26.2 Å². The first kappa shape index (κ1) is 11.0. The summed E-state index contributed by atoms with van der Waals surface area (Å²) in [6.45, 7) is 7.66. The van der Waals surface area contributed by atoms with Crippen molar-refractivity contribution in [2.45, 2.75) is 51.5 Å². The Bertz CT molecular complexity index is 245. The van der Waals surface area contributed by atoms with E-state index in [9.17, 15) is 0 Å². The van der Waals surface area contributed by atoms with Crippen LogP contribution >= 0.6 is 0 Å². The number of nitrogens with zero attached hydrogens (tertiary/aromatic N) is 1. The Kier molecular flexibility index (Phi) is 2.97. The molecule has 3 rings (SSSR count). The maximum absolute atomic E-state index is 3.59. The van der Waals surface area contributed by atoms with Gasteiger partial charge >= 0.3 is 0 Å². The van der Waals surface area contributed by atoms with Crippen LogP contribution in [0.15, 0.2) is 0 Å². The fourth-order valence-corrected chi connectivity index (χ4v) is 4.40. The lowest BCUT2D eigenvalue weighted by atomic mass is 9.81. The normalized spacial score (nSPS) is 43.3. The second kappa shape index (κ2) is 4.30. The standard InChI is InChI=1S/C14H26N2/c1-2-5-14(6-7-15-10-14)11-16-9-12-3-4-13(16)8-12/h12-13,15H,2-11H2,1H3. The van der Waals surface area contributed by atoms with Gasteiger partial charge in [-0.1, -0.05) is 13.3 Å². The van der Waals surface area contributed by atoms with Gasteiger partial charge < -0.3 is 5.32 Å². The molecule has 2 heteroatoms. The fourth-order valence-electron chi connectivity index (χ4n) is 4.40. The quantitative estimate of drug-likeness (QED) is 0.785. The molecule has 2 nitrogen and oxygen atoms in total. The van der Waals surface area contributed by atoms with Crippen LogP contribution in [0, 0.1) is 11.3 Å². The molecule has 1 saturated carbocycles. The molecule has 2 saturated heterocycles. The second-order valence-electron chi connectivity index (χ2n) is 6.44. The molecule has 3 atom stereocenters. The van der Waals surface area contributed by atoms with E-state index in [-0.39, 0.29) is 0 Å². The van der Waals surface area contributed by atoms with Gasteiger partial charge in [-0.25, -0.2) is 0 Å². The van der Waals surface area contributed by atoms with Gasteiger partial charge in [0.05, 0.1) is 0 Å². The minimum atomic E-state index is 0.624. The monoisotopic (exact) mass is 222 g/mol. The van der Waals surface area contributed by atoms with Crippen molar-refractivity contribution >= 4 is 0 Å². The highest BCUT2D eigenvalue weighted by atomic mass is 15.2. The summed E-state index contributed by atoms with van der Waals surface area (Å²) >= 11 is 0. The van der Waals surface area contributed by atoms with Gasteiger partial charge in [0, 0.05) is 25.7 Å². The van der Waals surface area contributed by atoms with Crippen LogP contribution < -0.4 is 5.32 Å². The van der Waals surface area contributed by atoms with Gasteiger partial charge in [-0.3, -0.25) is 4.90 Å². The minimum Gasteiger partial charge on any atom is -0.316 e. The van der Waals surface area contributed by atoms with Gasteiger partial charge in [0.25, 0.3) is 0 Å². The van der Waals surface area contributed by atoms with Crippen LogP contribution in [0.4, 0.5) is 0 Å². The molecule has 0 amide bonds. The van der Waals surface area contributed by atoms with Gasteiger partial charge in [-0.2, -0.15) is 0 Å². The lowest BCUT2D eigenvalue weighted by Crippen LogP contribution is -2.43. The zero-order chi connectivity index (χ0) is 11.0. The molecule has 3 unspecified atom stereocenters. The number of fused-ring (bicyclic) bond motifs is 2. The molecule has 16 heavy (non-hydrogen) atoms. The summed E-state index contributed by atoms with van der Waals surface area (Å²) in [6.07, 6.45) is 8.70. The molecule has 0 aromatic heterocycles. The summed E-state index contributed by atoms with van der Waals surface area (Å²) in [6, 6.07) is 0.958. The van der Waals surface area contributed by atoms with Crippen molar-refractivity contribution in [3.05, 3.63) is 0 Å². The Labute approximate surface area is 99.8 Å². The minimum absolute atomic E-state index is 0.624. The van der Waals surface area contributed by atoms with Crippen LogP contribution in [0.2, 0.25) is 0 Å². The molecule has 1 aliphatic carbocycles. The zero-order valence-electron chi connectivity index (χ0n) is 10.7. The number of likely N-dealkylation sites (tertiary alicyclic amines) is 1. The maximum Gasteiger partial charge on any atom is 0.00988 e. The van der Waals surface area contributed by atoms with E-state index in [1.165, 1.54) is 64.7 Å². The van der Waals surface area contributed by atoms with Gasteiger partial charge in [0.1, 0.15) is 0 Å². The van der Waals surface area contributed by atoms with Crippen LogP contribution in [-0.4, -0.2) is 37.1 Å². The molecule has 92 valence electrons. The van der Waals surface area contributed by atoms with Crippen molar-refractivity contribution in [1.29, 1.82) is 0 Å². The smallest absolute Gasteiger partial charge is 0.00988 e. The van der Waals surface area contributed by atoms with E-state index in [1.807, 2.05) is 0 Å². The first-order valence-corrected chi connectivity index (χ1v) is 7.26. The van der Waals surface area contributed by atoms with Crippen LogP contribution in [-0.2, 0) is 0 Å². The number of hydrogen-bond donors (Lipinski definition) is 1. The Balaban J connectivity index is 1.63. The first-order chi connectivity index (χ1) is 7.81. The summed E-state index contributed by atoms with van der Waals surface area (Å²) in [5.74, 6) is 1.05. The number of rotatable bonds is 4. The van der Waals surface area contributed by atoms with E-state index in [1.54, 1.807) is 0 Å². The second-order valence-corrected chi connectivity index (χ2v) is 6.44. The average Bonchev–Trinajstić information content (AvgIpc) is 2.94. The first-order valence-electron chi connectivity index (χ1n) is 7.26. The summed E-state index contributed by atoms with van der Waals surface area (Å²) in [4.78, 5) is 2.83. The summed E-state index contributed by atoms with van der Waals surface area (Å²) in [5, 5.41) is 3.59. The Hall–Kier alpha value is -0.0800. The van der Waals surface area contributed by atoms with Gasteiger partial charge in [-0.15, -0.1) is 0 Å². The van der Waals surface area contributed by atoms with E-state index >= 15 is 0 Å². The van der Waals surface area contributed by atoms with E-state index < -0.39 is 0 Å². The van der Waals surface area contributed by atoms with Gasteiger partial charge in [-0.05, 0) is 50.0 Å². The highest BCUT2D eigenvalue weighted by molar-refractivity contribution is 4.97. The SMILES string of the molecule is CCCC1(CN2CC3CCC2C3)CCNC1. The number of piperidine rings is 1. The van der Waals surface area contributed by atoms with Crippen LogP contribution in [0.1, 0.15) is 45.4 Å². The summed E-state index contributed by atoms with van der Waals surface area (Å²) in [7, 11) is 0. The molecule has 0 radical (unpaired) electrons. The van der Waals surface area contributed by atoms with Gasteiger partial charge in [0.2, 0.25) is 0 Å². The molecule has 0 spiro atoms. The van der Waals surface area contributed by atoms with Crippen LogP contribution in [0.25, 0.3) is 0 Å². The average molecular weight is 222 g/mol. The molecule has 2 heterocycles. The molecule has 2 bridgehead atoms. The maximum atomic E-state index is 3.59. The zero-order valence-corrected chi connectivity index (χ0v) is 10.7. The third-order valence-electron chi connectivity index (χ3n) is 5.17. The molecule has 3 aliphatic rings. The third-order valence-corrected chi connectivity index (χ3v) is 5.17. The lowest BCUT2D eigenvalue weighted by molar-refractivity contribution is 0.122. The molecule has 0 aromatic carbocycles. The number of hydrogen-bond acceptors (Lipinski definition) is 2. The molecule has 3 fully saturated rings. The molecule has 0 aromatic rings. The summed E-state index contributed by atoms with van der Waals surface area (Å²) < 4.78 is 0. The van der Waals surface area contributed by atoms with E-state index in [0.717, 1.165) is 12.0 Å². The lowest BCUT2D eigenvalue weighted by Gasteiger charge is -2.37. The Morgan fingerprint density at radius 1 is 1.38 bits per heavy atom. The molecular formula is C14H26N2. The molecular weight excluding hydrogens is 196 g/mol. The Morgan fingerprint density at radius 2 is 2.31 bits per heavy atom. The molecule has 1 N–H and O–H groups in total. The summed E-state index contributed by atoms with van der Waals surface area (Å²) in [5.41, 5.74) is 0.624. The van der Waals surface area contributed by atoms with E-state index in [4.69, 9.17) is 0 Å². The fraction of sp³-hybridized carbons (Fsp3) is 1.00. The van der Waals surface area contributed by atoms with Crippen molar-refractivity contribution in [3.8, 4) is 0 Å². The highest BCUT2D eigenvalue weighted by Crippen LogP contribution is 2.41. The van der Waals surface area contributed by atoms with Crippen LogP contribution in [0.3, 0.4) is 0 Å². The van der Waals surface area contributed by atoms with E-state index in [0.29, 0.717) is 5.41 Å². The van der Waals surface area contributed by atoms with Crippen molar-refractivity contribution in [3.63, 3.8) is 0 Å². The largest absolute Gasteiger partial charge is 0.316 e. The van der Waals surface area contributed by atoms with E-state index in [2.05, 4.69) is 17.1 Å². The van der Waals surface area contributed by atoms with Crippen molar-refractivity contribution in [1.82, 2.24) is 10.2 Å². The Morgan fingerprint density at radius 3 is 2.88 bits per heavy atom. The molecule has 2 aliphatic heterocycles. The van der Waals surface area contributed by atoms with Crippen molar-refractivity contribution < 1.29 is 0 Å². The van der Waals surface area contributed by atoms with Gasteiger partial charge in [0.15, 0.2) is 0 Å². The van der Waals surface area contributed by atoms with Crippen LogP contribution in [0.5, 0.6) is 0 Å². The third kappa shape index (κ3) is 1.91.